The van der Waals surface area contributed by atoms with E-state index in [-0.39, 0.29) is 11.3 Å². The van der Waals surface area contributed by atoms with Crippen molar-refractivity contribution in [3.63, 3.8) is 0 Å². The maximum Gasteiger partial charge on any atom is 0.416 e. The minimum atomic E-state index is -4.60. The zero-order valence-corrected chi connectivity index (χ0v) is 17.0. The average molecular weight is 417 g/mol. The molecule has 1 aliphatic rings. The van der Waals surface area contributed by atoms with Gasteiger partial charge in [0.15, 0.2) is 11.5 Å². The van der Waals surface area contributed by atoms with E-state index in [1.807, 2.05) is 13.0 Å². The summed E-state index contributed by atoms with van der Waals surface area (Å²) < 4.78 is 39.7. The molecule has 1 aliphatic heterocycles. The lowest BCUT2D eigenvalue weighted by Crippen LogP contribution is -2.33. The van der Waals surface area contributed by atoms with Gasteiger partial charge in [-0.2, -0.15) is 13.2 Å². The molecule has 1 N–H and O–H groups in total. The largest absolute Gasteiger partial charge is 0.503 e. The zero-order valence-electron chi connectivity index (χ0n) is 17.0. The highest BCUT2D eigenvalue weighted by atomic mass is 19.4. The highest BCUT2D eigenvalue weighted by Crippen LogP contribution is 2.44. The summed E-state index contributed by atoms with van der Waals surface area (Å²) in [5.41, 5.74) is -0.628. The molecule has 0 radical (unpaired) electrons. The van der Waals surface area contributed by atoms with Crippen molar-refractivity contribution in [2.24, 2.45) is 5.41 Å². The van der Waals surface area contributed by atoms with Crippen LogP contribution in [0.3, 0.4) is 0 Å². The molecular formula is C23H22F3NO3. The number of rotatable bonds is 3. The lowest BCUT2D eigenvalue weighted by Gasteiger charge is -2.29. The van der Waals surface area contributed by atoms with E-state index in [1.165, 1.54) is 12.1 Å². The van der Waals surface area contributed by atoms with E-state index in [0.29, 0.717) is 5.56 Å². The Morgan fingerprint density at radius 2 is 1.67 bits per heavy atom. The number of hydrogen-bond acceptors (Lipinski definition) is 3. The van der Waals surface area contributed by atoms with Gasteiger partial charge in [0.25, 0.3) is 5.91 Å². The predicted octanol–water partition coefficient (Wildman–Crippen LogP) is 5.53. The van der Waals surface area contributed by atoms with E-state index in [9.17, 15) is 27.9 Å². The summed E-state index contributed by atoms with van der Waals surface area (Å²) in [4.78, 5) is 27.1. The van der Waals surface area contributed by atoms with Crippen LogP contribution in [0, 0.1) is 12.3 Å². The molecule has 0 fully saturated rings. The fraction of sp³-hybridized carbons (Fsp3) is 0.304. The summed E-state index contributed by atoms with van der Waals surface area (Å²) >= 11 is 0. The SMILES string of the molecule is Cc1cccc(C2C(C(=O)C(C)(C)C)=C(O)C(=O)N2c2cccc(C(F)(F)F)c2)c1. The second-order valence-corrected chi connectivity index (χ2v) is 8.38. The Labute approximate surface area is 172 Å². The Bertz CT molecular complexity index is 1050. The second-order valence-electron chi connectivity index (χ2n) is 8.38. The molecule has 0 saturated heterocycles. The van der Waals surface area contributed by atoms with Gasteiger partial charge in [-0.05, 0) is 30.7 Å². The van der Waals surface area contributed by atoms with Crippen LogP contribution in [0.1, 0.15) is 43.5 Å². The minimum Gasteiger partial charge on any atom is -0.503 e. The maximum atomic E-state index is 13.2. The van der Waals surface area contributed by atoms with Crippen molar-refractivity contribution in [3.8, 4) is 0 Å². The molecule has 30 heavy (non-hydrogen) atoms. The third kappa shape index (κ3) is 3.84. The van der Waals surface area contributed by atoms with Gasteiger partial charge in [-0.3, -0.25) is 14.5 Å². The summed E-state index contributed by atoms with van der Waals surface area (Å²) in [5, 5.41) is 10.6. The summed E-state index contributed by atoms with van der Waals surface area (Å²) in [5.74, 6) is -2.10. The fourth-order valence-corrected chi connectivity index (χ4v) is 3.50. The third-order valence-electron chi connectivity index (χ3n) is 4.94. The van der Waals surface area contributed by atoms with Crippen molar-refractivity contribution >= 4 is 17.4 Å². The van der Waals surface area contributed by atoms with E-state index in [1.54, 1.807) is 39.0 Å². The molecule has 1 atom stereocenters. The second kappa shape index (κ2) is 7.31. The first-order valence-electron chi connectivity index (χ1n) is 9.37. The monoisotopic (exact) mass is 417 g/mol. The van der Waals surface area contributed by atoms with Crippen molar-refractivity contribution in [2.45, 2.75) is 39.9 Å². The molecular weight excluding hydrogens is 395 g/mol. The van der Waals surface area contributed by atoms with Crippen molar-refractivity contribution in [1.29, 1.82) is 0 Å². The summed E-state index contributed by atoms with van der Waals surface area (Å²) in [6.45, 7) is 6.78. The van der Waals surface area contributed by atoms with Gasteiger partial charge in [-0.15, -0.1) is 0 Å². The van der Waals surface area contributed by atoms with Crippen LogP contribution in [0.5, 0.6) is 0 Å². The minimum absolute atomic E-state index is 0.0513. The maximum absolute atomic E-state index is 13.2. The molecule has 0 aliphatic carbocycles. The van der Waals surface area contributed by atoms with Gasteiger partial charge in [0.1, 0.15) is 0 Å². The van der Waals surface area contributed by atoms with Crippen molar-refractivity contribution < 1.29 is 27.9 Å². The van der Waals surface area contributed by atoms with Crippen LogP contribution in [0.4, 0.5) is 18.9 Å². The number of hydrogen-bond donors (Lipinski definition) is 1. The number of aryl methyl sites for hydroxylation is 1. The molecule has 2 aromatic carbocycles. The number of benzene rings is 2. The van der Waals surface area contributed by atoms with Gasteiger partial charge in [-0.25, -0.2) is 0 Å². The molecule has 0 saturated carbocycles. The van der Waals surface area contributed by atoms with Gasteiger partial charge in [0.05, 0.1) is 17.2 Å². The number of aliphatic hydroxyl groups excluding tert-OH is 1. The molecule has 7 heteroatoms. The highest BCUT2D eigenvalue weighted by molar-refractivity contribution is 6.17. The van der Waals surface area contributed by atoms with Crippen LogP contribution in [-0.2, 0) is 15.8 Å². The molecule has 0 spiro atoms. The van der Waals surface area contributed by atoms with Crippen LogP contribution in [-0.4, -0.2) is 16.8 Å². The van der Waals surface area contributed by atoms with Gasteiger partial charge in [-0.1, -0.05) is 56.7 Å². The van der Waals surface area contributed by atoms with Crippen LogP contribution in [0.25, 0.3) is 0 Å². The number of carbonyl (C=O) groups is 2. The van der Waals surface area contributed by atoms with E-state index >= 15 is 0 Å². The topological polar surface area (TPSA) is 57.6 Å². The van der Waals surface area contributed by atoms with E-state index in [4.69, 9.17) is 0 Å². The van der Waals surface area contributed by atoms with Crippen molar-refractivity contribution in [3.05, 3.63) is 76.6 Å². The van der Waals surface area contributed by atoms with Crippen LogP contribution < -0.4 is 4.90 Å². The van der Waals surface area contributed by atoms with Crippen LogP contribution in [0.15, 0.2) is 59.9 Å². The van der Waals surface area contributed by atoms with Crippen molar-refractivity contribution in [1.82, 2.24) is 0 Å². The van der Waals surface area contributed by atoms with E-state index < -0.39 is 40.6 Å². The van der Waals surface area contributed by atoms with Gasteiger partial charge in [0, 0.05) is 11.1 Å². The van der Waals surface area contributed by atoms with Gasteiger partial charge < -0.3 is 5.11 Å². The molecule has 0 bridgehead atoms. The Kier molecular flexibility index (Phi) is 5.26. The van der Waals surface area contributed by atoms with E-state index in [0.717, 1.165) is 22.6 Å². The molecule has 4 nitrogen and oxygen atoms in total. The van der Waals surface area contributed by atoms with Crippen LogP contribution >= 0.6 is 0 Å². The van der Waals surface area contributed by atoms with Crippen molar-refractivity contribution in [2.75, 3.05) is 4.90 Å². The number of amides is 1. The quantitative estimate of drug-likeness (QED) is 0.715. The van der Waals surface area contributed by atoms with E-state index in [2.05, 4.69) is 0 Å². The zero-order chi connectivity index (χ0) is 22.4. The van der Waals surface area contributed by atoms with Gasteiger partial charge in [0.2, 0.25) is 0 Å². The Balaban J connectivity index is 2.23. The summed E-state index contributed by atoms with van der Waals surface area (Å²) in [6.07, 6.45) is -4.60. The lowest BCUT2D eigenvalue weighted by atomic mass is 9.82. The standard InChI is InChI=1S/C23H22F3NO3/c1-13-7-5-8-14(11-13)18-17(20(29)22(2,3)4)19(28)21(30)27(18)16-10-6-9-15(12-16)23(24,25)26/h5-12,18,28H,1-4H3. The predicted molar refractivity (Wildman–Crippen MR) is 107 cm³/mol. The molecule has 0 aromatic heterocycles. The number of Topliss-reactive ketones (excluding diaryl/α,β-unsaturated/α-hetero) is 1. The highest BCUT2D eigenvalue weighted by Gasteiger charge is 2.47. The average Bonchev–Trinajstić information content (AvgIpc) is 2.91. The number of ketones is 1. The molecule has 3 rings (SSSR count). The molecule has 1 amide bonds. The Morgan fingerprint density at radius 1 is 1.03 bits per heavy atom. The lowest BCUT2D eigenvalue weighted by molar-refractivity contribution is -0.137. The smallest absolute Gasteiger partial charge is 0.416 e. The molecule has 158 valence electrons. The summed E-state index contributed by atoms with van der Waals surface area (Å²) in [6, 6.07) is 10.2. The summed E-state index contributed by atoms with van der Waals surface area (Å²) in [7, 11) is 0. The number of aliphatic hydroxyl groups is 1. The Morgan fingerprint density at radius 3 is 2.23 bits per heavy atom. The molecule has 1 heterocycles. The van der Waals surface area contributed by atoms with Crippen LogP contribution in [0.2, 0.25) is 0 Å². The normalized spacial score (nSPS) is 17.6. The molecule has 1 unspecified atom stereocenters. The first-order valence-corrected chi connectivity index (χ1v) is 9.37. The number of alkyl halides is 3. The number of anilines is 1. The Hall–Kier alpha value is -3.09. The first-order chi connectivity index (χ1) is 13.8. The number of carbonyl (C=O) groups excluding carboxylic acids is 2. The number of halogens is 3. The third-order valence-corrected chi connectivity index (χ3v) is 4.94. The van der Waals surface area contributed by atoms with Gasteiger partial charge >= 0.3 is 6.18 Å². The fourth-order valence-electron chi connectivity index (χ4n) is 3.50. The first kappa shape index (κ1) is 21.6. The number of nitrogens with zero attached hydrogens (tertiary/aromatic N) is 1. The molecule has 2 aromatic rings.